The first-order valence-electron chi connectivity index (χ1n) is 6.32. The van der Waals surface area contributed by atoms with Gasteiger partial charge in [0.1, 0.15) is 5.82 Å². The number of hydrogen-bond acceptors (Lipinski definition) is 4. The number of carbonyl (C=O) groups is 1. The van der Waals surface area contributed by atoms with Crippen LogP contribution in [0.4, 0.5) is 10.1 Å². The number of anilines is 1. The fourth-order valence-corrected chi connectivity index (χ4v) is 2.16. The highest BCUT2D eigenvalue weighted by molar-refractivity contribution is 7.98. The van der Waals surface area contributed by atoms with Crippen molar-refractivity contribution in [2.45, 2.75) is 17.6 Å². The Hall–Kier alpha value is -1.92. The van der Waals surface area contributed by atoms with Gasteiger partial charge in [-0.3, -0.25) is 4.79 Å². The number of hydrogen-bond donors (Lipinski definition) is 2. The van der Waals surface area contributed by atoms with Gasteiger partial charge in [0.2, 0.25) is 5.91 Å². The van der Waals surface area contributed by atoms with E-state index in [1.807, 2.05) is 6.26 Å². The Kier molecular flexibility index (Phi) is 5.30. The molecular formula is C15H15FN2O2S. The molecule has 0 bridgehead atoms. The van der Waals surface area contributed by atoms with Gasteiger partial charge in [-0.2, -0.15) is 0 Å². The summed E-state index contributed by atoms with van der Waals surface area (Å²) >= 11 is 1.51. The zero-order valence-electron chi connectivity index (χ0n) is 11.4. The van der Waals surface area contributed by atoms with Crippen LogP contribution in [0.1, 0.15) is 18.1 Å². The van der Waals surface area contributed by atoms with E-state index >= 15 is 0 Å². The summed E-state index contributed by atoms with van der Waals surface area (Å²) in [6.45, 7) is 0. The Morgan fingerprint density at radius 2 is 2.24 bits per heavy atom. The van der Waals surface area contributed by atoms with E-state index in [0.717, 1.165) is 5.03 Å². The predicted molar refractivity (Wildman–Crippen MR) is 80.6 cm³/mol. The highest BCUT2D eigenvalue weighted by Gasteiger charge is 2.13. The van der Waals surface area contributed by atoms with Crippen LogP contribution in [0.2, 0.25) is 0 Å². The number of rotatable bonds is 5. The normalized spacial score (nSPS) is 12.0. The topological polar surface area (TPSA) is 62.2 Å². The van der Waals surface area contributed by atoms with E-state index in [1.54, 1.807) is 24.4 Å². The van der Waals surface area contributed by atoms with Crippen LogP contribution in [0.3, 0.4) is 0 Å². The highest BCUT2D eigenvalue weighted by atomic mass is 32.2. The lowest BCUT2D eigenvalue weighted by atomic mass is 10.1. The predicted octanol–water partition coefficient (Wildman–Crippen LogP) is 3.00. The summed E-state index contributed by atoms with van der Waals surface area (Å²) in [5.74, 6) is -0.797. The summed E-state index contributed by atoms with van der Waals surface area (Å²) < 4.78 is 13.1. The molecule has 1 aromatic heterocycles. The molecule has 0 radical (unpaired) electrons. The molecule has 2 N–H and O–H groups in total. The minimum absolute atomic E-state index is 0.145. The average molecular weight is 306 g/mol. The lowest BCUT2D eigenvalue weighted by molar-refractivity contribution is -0.118. The molecule has 0 aliphatic carbocycles. The minimum atomic E-state index is -1.04. The van der Waals surface area contributed by atoms with Crippen molar-refractivity contribution < 1.29 is 14.3 Å². The van der Waals surface area contributed by atoms with E-state index in [-0.39, 0.29) is 12.3 Å². The Balaban J connectivity index is 1.94. The molecule has 1 aromatic carbocycles. The molecule has 1 amide bonds. The molecule has 2 aromatic rings. The van der Waals surface area contributed by atoms with Gasteiger partial charge in [0, 0.05) is 0 Å². The number of aliphatic hydroxyl groups is 1. The smallest absolute Gasteiger partial charge is 0.227 e. The van der Waals surface area contributed by atoms with Crippen LogP contribution in [0.5, 0.6) is 0 Å². The van der Waals surface area contributed by atoms with Crippen molar-refractivity contribution in [2.75, 3.05) is 11.6 Å². The molecule has 4 nitrogen and oxygen atoms in total. The summed E-state index contributed by atoms with van der Waals surface area (Å²) in [6.07, 6.45) is 2.28. The maximum Gasteiger partial charge on any atom is 0.227 e. The van der Waals surface area contributed by atoms with E-state index in [9.17, 15) is 14.3 Å². The summed E-state index contributed by atoms with van der Waals surface area (Å²) in [4.78, 5) is 16.0. The number of nitrogens with one attached hydrogen (secondary N) is 1. The average Bonchev–Trinajstić information content (AvgIpc) is 2.48. The molecule has 0 spiro atoms. The maximum atomic E-state index is 13.1. The number of nitrogens with zero attached hydrogens (tertiary/aromatic N) is 1. The van der Waals surface area contributed by atoms with Crippen molar-refractivity contribution in [1.82, 2.24) is 4.98 Å². The maximum absolute atomic E-state index is 13.1. The third-order valence-electron chi connectivity index (χ3n) is 2.84. The zero-order chi connectivity index (χ0) is 15.2. The molecule has 6 heteroatoms. The number of benzene rings is 1. The number of carbonyl (C=O) groups excluding carboxylic acids is 1. The SMILES string of the molecule is CSc1ccc(NC(=O)C[C@@H](O)c2cccc(F)c2)cn1. The van der Waals surface area contributed by atoms with Crippen LogP contribution in [-0.2, 0) is 4.79 Å². The molecule has 2 rings (SSSR count). The number of amides is 1. The molecule has 110 valence electrons. The molecule has 1 atom stereocenters. The van der Waals surface area contributed by atoms with Gasteiger partial charge in [-0.05, 0) is 36.1 Å². The van der Waals surface area contributed by atoms with E-state index in [2.05, 4.69) is 10.3 Å². The first-order chi connectivity index (χ1) is 10.1. The van der Waals surface area contributed by atoms with Crippen molar-refractivity contribution >= 4 is 23.4 Å². The minimum Gasteiger partial charge on any atom is -0.388 e. The third-order valence-corrected chi connectivity index (χ3v) is 3.50. The van der Waals surface area contributed by atoms with Gasteiger partial charge < -0.3 is 10.4 Å². The fraction of sp³-hybridized carbons (Fsp3) is 0.200. The van der Waals surface area contributed by atoms with Gasteiger partial charge in [-0.15, -0.1) is 11.8 Å². The van der Waals surface area contributed by atoms with Gasteiger partial charge in [0.15, 0.2) is 0 Å². The largest absolute Gasteiger partial charge is 0.388 e. The lowest BCUT2D eigenvalue weighted by Crippen LogP contribution is -2.15. The summed E-state index contributed by atoms with van der Waals surface area (Å²) in [5, 5.41) is 13.4. The van der Waals surface area contributed by atoms with Gasteiger partial charge in [-0.1, -0.05) is 12.1 Å². The van der Waals surface area contributed by atoms with E-state index in [1.165, 1.54) is 30.0 Å². The van der Waals surface area contributed by atoms with Crippen molar-refractivity contribution in [3.63, 3.8) is 0 Å². The van der Waals surface area contributed by atoms with Crippen LogP contribution in [-0.4, -0.2) is 22.3 Å². The molecule has 0 unspecified atom stereocenters. The van der Waals surface area contributed by atoms with Gasteiger partial charge >= 0.3 is 0 Å². The van der Waals surface area contributed by atoms with Crippen molar-refractivity contribution in [3.05, 3.63) is 54.0 Å². The monoisotopic (exact) mass is 306 g/mol. The number of pyridine rings is 1. The number of aromatic nitrogens is 1. The van der Waals surface area contributed by atoms with Gasteiger partial charge in [0.25, 0.3) is 0 Å². The third kappa shape index (κ3) is 4.54. The number of halogens is 1. The molecule has 0 fully saturated rings. The van der Waals surface area contributed by atoms with Crippen LogP contribution in [0.25, 0.3) is 0 Å². The van der Waals surface area contributed by atoms with Crippen LogP contribution in [0.15, 0.2) is 47.6 Å². The molecule has 21 heavy (non-hydrogen) atoms. The van der Waals surface area contributed by atoms with Gasteiger partial charge in [0.05, 0.1) is 29.4 Å². The standard InChI is InChI=1S/C15H15FN2O2S/c1-21-15-6-5-12(9-17-15)18-14(20)8-13(19)10-3-2-4-11(16)7-10/h2-7,9,13,19H,8H2,1H3,(H,18,20)/t13-/m1/s1. The quantitative estimate of drug-likeness (QED) is 0.834. The van der Waals surface area contributed by atoms with Crippen molar-refractivity contribution in [2.24, 2.45) is 0 Å². The van der Waals surface area contributed by atoms with Crippen molar-refractivity contribution in [1.29, 1.82) is 0 Å². The van der Waals surface area contributed by atoms with Gasteiger partial charge in [-0.25, -0.2) is 9.37 Å². The molecule has 1 heterocycles. The second-order valence-corrected chi connectivity index (χ2v) is 5.24. The van der Waals surface area contributed by atoms with Crippen molar-refractivity contribution in [3.8, 4) is 0 Å². The summed E-state index contributed by atoms with van der Waals surface area (Å²) in [7, 11) is 0. The summed E-state index contributed by atoms with van der Waals surface area (Å²) in [6, 6.07) is 9.11. The first-order valence-corrected chi connectivity index (χ1v) is 7.54. The molecule has 0 saturated carbocycles. The van der Waals surface area contributed by atoms with Crippen LogP contribution >= 0.6 is 11.8 Å². The molecule has 0 aliphatic heterocycles. The fourth-order valence-electron chi connectivity index (χ4n) is 1.79. The van der Waals surface area contributed by atoms with E-state index in [0.29, 0.717) is 11.3 Å². The van der Waals surface area contributed by atoms with Crippen LogP contribution in [0, 0.1) is 5.82 Å². The molecule has 0 saturated heterocycles. The number of thioether (sulfide) groups is 1. The Morgan fingerprint density at radius 3 is 2.86 bits per heavy atom. The molecular weight excluding hydrogens is 291 g/mol. The molecule has 0 aliphatic rings. The first kappa shape index (κ1) is 15.5. The second-order valence-electron chi connectivity index (χ2n) is 4.41. The second kappa shape index (κ2) is 7.19. The highest BCUT2D eigenvalue weighted by Crippen LogP contribution is 2.19. The number of aliphatic hydroxyl groups excluding tert-OH is 1. The lowest BCUT2D eigenvalue weighted by Gasteiger charge is -2.11. The van der Waals surface area contributed by atoms with E-state index < -0.39 is 11.9 Å². The Bertz CT molecular complexity index is 619. The van der Waals surface area contributed by atoms with Crippen LogP contribution < -0.4 is 5.32 Å². The Morgan fingerprint density at radius 1 is 1.43 bits per heavy atom. The summed E-state index contributed by atoms with van der Waals surface area (Å²) in [5.41, 5.74) is 0.935. The zero-order valence-corrected chi connectivity index (χ0v) is 12.2. The Labute approximate surface area is 126 Å². The van der Waals surface area contributed by atoms with E-state index in [4.69, 9.17) is 0 Å².